The molecule has 27 heavy (non-hydrogen) atoms. The minimum Gasteiger partial charge on any atom is -0.516 e. The fourth-order valence-electron chi connectivity index (χ4n) is 3.37. The van der Waals surface area contributed by atoms with Crippen LogP contribution in [0.3, 0.4) is 0 Å². The Balaban J connectivity index is 2.11. The largest absolute Gasteiger partial charge is 0.516 e. The van der Waals surface area contributed by atoms with Gasteiger partial charge in [0.1, 0.15) is 17.3 Å². The third-order valence-electron chi connectivity index (χ3n) is 4.69. The first-order chi connectivity index (χ1) is 12.9. The zero-order valence-electron chi connectivity index (χ0n) is 14.6. The van der Waals surface area contributed by atoms with Crippen LogP contribution in [0.1, 0.15) is 42.0 Å². The third-order valence-corrected chi connectivity index (χ3v) is 4.69. The second-order valence-electron chi connectivity index (χ2n) is 6.53. The molecule has 0 spiro atoms. The minimum absolute atomic E-state index is 0.261. The quantitative estimate of drug-likeness (QED) is 0.567. The first kappa shape index (κ1) is 19.2. The van der Waals surface area contributed by atoms with E-state index in [1.807, 2.05) is 4.90 Å². The van der Waals surface area contributed by atoms with Gasteiger partial charge in [0.15, 0.2) is 0 Å². The number of nitrogens with zero attached hydrogens (tertiary/aromatic N) is 2. The zero-order valence-corrected chi connectivity index (χ0v) is 14.6. The summed E-state index contributed by atoms with van der Waals surface area (Å²) in [5, 5.41) is 9.33. The van der Waals surface area contributed by atoms with E-state index in [1.165, 1.54) is 24.3 Å². The van der Waals surface area contributed by atoms with Crippen molar-refractivity contribution < 1.29 is 22.7 Å². The lowest BCUT2D eigenvalue weighted by molar-refractivity contribution is -0.141. The number of hydrogen-bond acceptors (Lipinski definition) is 3. The fourth-order valence-corrected chi connectivity index (χ4v) is 3.37. The lowest BCUT2D eigenvalue weighted by Crippen LogP contribution is -2.32. The molecule has 1 N–H and O–H groups in total. The maximum atomic E-state index is 13.3. The van der Waals surface area contributed by atoms with E-state index in [1.54, 1.807) is 12.1 Å². The molecule has 0 aliphatic carbocycles. The molecule has 2 aromatic rings. The Morgan fingerprint density at radius 3 is 2.26 bits per heavy atom. The molecule has 3 nitrogen and oxygen atoms in total. The van der Waals surface area contributed by atoms with Gasteiger partial charge in [0, 0.05) is 24.6 Å². The normalized spacial score (nSPS) is 16.7. The second-order valence-corrected chi connectivity index (χ2v) is 6.53. The molecule has 1 saturated heterocycles. The Hall–Kier alpha value is -2.57. The van der Waals surface area contributed by atoms with Gasteiger partial charge < -0.3 is 10.0 Å². The number of pyridine rings is 1. The van der Waals surface area contributed by atoms with Crippen LogP contribution in [0.4, 0.5) is 23.4 Å². The first-order valence-electron chi connectivity index (χ1n) is 8.79. The monoisotopic (exact) mass is 380 g/mol. The molecule has 0 amide bonds. The predicted molar refractivity (Wildman–Crippen MR) is 95.3 cm³/mol. The summed E-state index contributed by atoms with van der Waals surface area (Å²) in [4.78, 5) is 5.78. The van der Waals surface area contributed by atoms with Gasteiger partial charge >= 0.3 is 6.18 Å². The highest BCUT2D eigenvalue weighted by Crippen LogP contribution is 2.37. The van der Waals surface area contributed by atoms with Crippen LogP contribution >= 0.6 is 0 Å². The van der Waals surface area contributed by atoms with Crippen molar-refractivity contribution in [3.05, 3.63) is 71.4 Å². The zero-order chi connectivity index (χ0) is 19.4. The number of halogens is 4. The van der Waals surface area contributed by atoms with E-state index < -0.39 is 23.6 Å². The summed E-state index contributed by atoms with van der Waals surface area (Å²) in [6.45, 7) is 1.25. The van der Waals surface area contributed by atoms with Gasteiger partial charge in [-0.15, -0.1) is 0 Å². The summed E-state index contributed by atoms with van der Waals surface area (Å²) < 4.78 is 52.9. The molecule has 1 atom stereocenters. The molecule has 1 aromatic carbocycles. The van der Waals surface area contributed by atoms with E-state index in [0.717, 1.165) is 31.6 Å². The van der Waals surface area contributed by atoms with Gasteiger partial charge in [-0.05, 0) is 49.1 Å². The van der Waals surface area contributed by atoms with Crippen molar-refractivity contribution in [2.75, 3.05) is 18.0 Å². The highest BCUT2D eigenvalue weighted by atomic mass is 19.4. The van der Waals surface area contributed by atoms with Crippen LogP contribution < -0.4 is 4.90 Å². The summed E-state index contributed by atoms with van der Waals surface area (Å²) in [6, 6.07) is 8.02. The van der Waals surface area contributed by atoms with Crippen molar-refractivity contribution >= 4 is 5.82 Å². The minimum atomic E-state index is -4.54. The van der Waals surface area contributed by atoms with Crippen molar-refractivity contribution in [1.82, 2.24) is 4.98 Å². The molecule has 1 aliphatic rings. The van der Waals surface area contributed by atoms with E-state index in [0.29, 0.717) is 24.2 Å². The topological polar surface area (TPSA) is 36.4 Å². The molecule has 3 rings (SSSR count). The van der Waals surface area contributed by atoms with Gasteiger partial charge in [-0.2, -0.15) is 13.2 Å². The highest BCUT2D eigenvalue weighted by molar-refractivity contribution is 5.54. The van der Waals surface area contributed by atoms with Gasteiger partial charge in [-0.25, -0.2) is 9.37 Å². The summed E-state index contributed by atoms with van der Waals surface area (Å²) in [5.41, 5.74) is 0.251. The highest BCUT2D eigenvalue weighted by Gasteiger charge is 2.34. The number of benzene rings is 1. The maximum Gasteiger partial charge on any atom is 0.433 e. The molecule has 0 bridgehead atoms. The van der Waals surface area contributed by atoms with Gasteiger partial charge in [0.25, 0.3) is 0 Å². The predicted octanol–water partition coefficient (Wildman–Crippen LogP) is 5.43. The molecule has 2 heterocycles. The number of aromatic nitrogens is 1. The number of allylic oxidation sites excluding steroid dienone is 1. The van der Waals surface area contributed by atoms with Crippen molar-refractivity contribution in [2.24, 2.45) is 0 Å². The number of piperidine rings is 1. The Labute approximate surface area is 155 Å². The number of aliphatic hydroxyl groups is 1. The summed E-state index contributed by atoms with van der Waals surface area (Å²) in [6.07, 6.45) is 0.573. The van der Waals surface area contributed by atoms with Gasteiger partial charge in [-0.3, -0.25) is 0 Å². The van der Waals surface area contributed by atoms with E-state index in [2.05, 4.69) is 4.98 Å². The smallest absolute Gasteiger partial charge is 0.433 e. The number of alkyl halides is 3. The number of hydrogen-bond donors (Lipinski definition) is 1. The summed E-state index contributed by atoms with van der Waals surface area (Å²) in [5.74, 6) is -0.688. The Morgan fingerprint density at radius 2 is 1.67 bits per heavy atom. The lowest BCUT2D eigenvalue weighted by atomic mass is 9.90. The summed E-state index contributed by atoms with van der Waals surface area (Å²) >= 11 is 0. The van der Waals surface area contributed by atoms with E-state index in [-0.39, 0.29) is 5.82 Å². The van der Waals surface area contributed by atoms with Crippen molar-refractivity contribution in [3.8, 4) is 0 Å². The molecule has 1 aliphatic heterocycles. The fraction of sp³-hybridized carbons (Fsp3) is 0.350. The number of aliphatic hydroxyl groups excluding tert-OH is 1. The second kappa shape index (κ2) is 7.98. The standard InChI is InChI=1S/C20H20F4N2O/c21-15-6-4-14(5-7-15)16(10-13-27)17-8-9-18(20(22,23)24)25-19(17)26-11-2-1-3-12-26/h4-10,13,16,27H,1-3,11-12H2/b13-10+. The Morgan fingerprint density at radius 1 is 1.00 bits per heavy atom. The number of anilines is 1. The molecular formula is C20H20F4N2O. The van der Waals surface area contributed by atoms with E-state index in [9.17, 15) is 22.7 Å². The lowest BCUT2D eigenvalue weighted by Gasteiger charge is -2.31. The SMILES string of the molecule is O/C=C/C(c1ccc(F)cc1)c1ccc(C(F)(F)F)nc1N1CCCCC1. The average Bonchev–Trinajstić information content (AvgIpc) is 2.66. The average molecular weight is 380 g/mol. The molecule has 7 heteroatoms. The molecule has 0 radical (unpaired) electrons. The van der Waals surface area contributed by atoms with Crippen LogP contribution in [-0.2, 0) is 6.18 Å². The molecule has 0 saturated carbocycles. The Bertz CT molecular complexity index is 797. The maximum absolute atomic E-state index is 13.3. The van der Waals surface area contributed by atoms with Crippen molar-refractivity contribution in [2.45, 2.75) is 31.4 Å². The van der Waals surface area contributed by atoms with Gasteiger partial charge in [-0.1, -0.05) is 18.2 Å². The van der Waals surface area contributed by atoms with Gasteiger partial charge in [0.05, 0.1) is 6.26 Å². The van der Waals surface area contributed by atoms with Crippen LogP contribution in [0.15, 0.2) is 48.7 Å². The number of rotatable bonds is 4. The third kappa shape index (κ3) is 4.40. The van der Waals surface area contributed by atoms with Crippen molar-refractivity contribution in [3.63, 3.8) is 0 Å². The van der Waals surface area contributed by atoms with Crippen LogP contribution in [0.2, 0.25) is 0 Å². The van der Waals surface area contributed by atoms with Crippen LogP contribution in [0.5, 0.6) is 0 Å². The van der Waals surface area contributed by atoms with E-state index in [4.69, 9.17) is 0 Å². The van der Waals surface area contributed by atoms with E-state index >= 15 is 0 Å². The van der Waals surface area contributed by atoms with Crippen LogP contribution in [0, 0.1) is 5.82 Å². The molecule has 1 fully saturated rings. The molecule has 1 unspecified atom stereocenters. The van der Waals surface area contributed by atoms with Gasteiger partial charge in [0.2, 0.25) is 0 Å². The van der Waals surface area contributed by atoms with Crippen LogP contribution in [-0.4, -0.2) is 23.2 Å². The molecular weight excluding hydrogens is 360 g/mol. The van der Waals surface area contributed by atoms with Crippen LogP contribution in [0.25, 0.3) is 0 Å². The summed E-state index contributed by atoms with van der Waals surface area (Å²) in [7, 11) is 0. The molecule has 144 valence electrons. The first-order valence-corrected chi connectivity index (χ1v) is 8.79. The Kier molecular flexibility index (Phi) is 5.68. The molecule has 1 aromatic heterocycles. The van der Waals surface area contributed by atoms with Crippen molar-refractivity contribution in [1.29, 1.82) is 0 Å².